The predicted molar refractivity (Wildman–Crippen MR) is 127 cm³/mol. The molecule has 0 amide bonds. The van der Waals surface area contributed by atoms with Crippen LogP contribution < -0.4 is 0 Å². The summed E-state index contributed by atoms with van der Waals surface area (Å²) in [5.74, 6) is 0.239. The second-order valence-corrected chi connectivity index (χ2v) is 26.4. The van der Waals surface area contributed by atoms with Gasteiger partial charge in [-0.3, -0.25) is 4.79 Å². The van der Waals surface area contributed by atoms with Gasteiger partial charge in [-0.05, 0) is 55.9 Å². The summed E-state index contributed by atoms with van der Waals surface area (Å²) < 4.78 is 20.2. The largest absolute Gasteiger partial charge is 0.411 e. The Labute approximate surface area is 177 Å². The van der Waals surface area contributed by atoms with Gasteiger partial charge in [-0.1, -0.05) is 41.5 Å². The molecule has 0 radical (unpaired) electrons. The molecule has 2 atom stereocenters. The van der Waals surface area contributed by atoms with E-state index in [1.807, 2.05) is 0 Å². The lowest BCUT2D eigenvalue weighted by Gasteiger charge is -2.48. The molecule has 0 aromatic carbocycles. The standard InChI is InChI=1S/C21H46O4Si3/c1-20(2,3)27(10,11)23-17-14-16(22)15-18(19(17)25-26(7,8)9)24-28(12,13)21(4,5)6/h17-19H,14-15H2,1-13H3. The topological polar surface area (TPSA) is 44.8 Å². The van der Waals surface area contributed by atoms with E-state index in [1.165, 1.54) is 0 Å². The van der Waals surface area contributed by atoms with Crippen molar-refractivity contribution in [1.29, 1.82) is 0 Å². The number of rotatable bonds is 6. The van der Waals surface area contributed by atoms with E-state index in [0.717, 1.165) is 0 Å². The van der Waals surface area contributed by atoms with Crippen LogP contribution in [0.4, 0.5) is 0 Å². The number of carbonyl (C=O) groups is 1. The molecule has 0 aliphatic heterocycles. The van der Waals surface area contributed by atoms with Crippen LogP contribution in [0.1, 0.15) is 54.4 Å². The summed E-state index contributed by atoms with van der Waals surface area (Å²) in [4.78, 5) is 12.7. The third-order valence-electron chi connectivity index (χ3n) is 6.58. The van der Waals surface area contributed by atoms with Gasteiger partial charge in [0.25, 0.3) is 0 Å². The Bertz CT molecular complexity index is 513. The van der Waals surface area contributed by atoms with Gasteiger partial charge in [0, 0.05) is 12.8 Å². The van der Waals surface area contributed by atoms with Crippen molar-refractivity contribution in [3.05, 3.63) is 0 Å². The van der Waals surface area contributed by atoms with Crippen molar-refractivity contribution in [2.45, 2.75) is 129 Å². The van der Waals surface area contributed by atoms with E-state index in [2.05, 4.69) is 87.4 Å². The third kappa shape index (κ3) is 6.87. The summed E-state index contributed by atoms with van der Waals surface area (Å²) in [5.41, 5.74) is 0. The summed E-state index contributed by atoms with van der Waals surface area (Å²) in [7, 11) is -5.88. The van der Waals surface area contributed by atoms with E-state index in [0.29, 0.717) is 12.8 Å². The smallest absolute Gasteiger partial charge is 0.192 e. The first kappa shape index (κ1) is 26.2. The Morgan fingerprint density at radius 3 is 1.25 bits per heavy atom. The molecule has 166 valence electrons. The zero-order chi connectivity index (χ0) is 22.3. The zero-order valence-electron chi connectivity index (χ0n) is 20.8. The molecule has 1 aliphatic rings. The Morgan fingerprint density at radius 1 is 0.679 bits per heavy atom. The fourth-order valence-corrected chi connectivity index (χ4v) is 6.67. The van der Waals surface area contributed by atoms with Crippen molar-refractivity contribution >= 4 is 30.7 Å². The molecule has 1 rings (SSSR count). The molecule has 1 saturated carbocycles. The number of ketones is 1. The minimum atomic E-state index is -2.02. The van der Waals surface area contributed by atoms with Crippen LogP contribution in [0.15, 0.2) is 0 Å². The SMILES string of the molecule is CC(C)(C)[Si](C)(C)OC1CC(=O)CC(O[Si](C)(C)C(C)(C)C)C1O[Si](C)(C)C. The molecule has 28 heavy (non-hydrogen) atoms. The first-order chi connectivity index (χ1) is 12.2. The van der Waals surface area contributed by atoms with Gasteiger partial charge in [0.1, 0.15) is 5.78 Å². The van der Waals surface area contributed by atoms with Crippen molar-refractivity contribution in [3.63, 3.8) is 0 Å². The molecule has 0 saturated heterocycles. The normalized spacial score (nSPS) is 25.9. The molecule has 7 heteroatoms. The van der Waals surface area contributed by atoms with Crippen molar-refractivity contribution in [1.82, 2.24) is 0 Å². The molecule has 4 nitrogen and oxygen atoms in total. The van der Waals surface area contributed by atoms with Crippen LogP contribution in [-0.2, 0) is 18.1 Å². The van der Waals surface area contributed by atoms with Gasteiger partial charge in [-0.25, -0.2) is 0 Å². The third-order valence-corrected chi connectivity index (χ3v) is 16.6. The molecule has 2 unspecified atom stereocenters. The monoisotopic (exact) mass is 446 g/mol. The average molecular weight is 447 g/mol. The number of carbonyl (C=O) groups excluding carboxylic acids is 1. The molecule has 1 aliphatic carbocycles. The van der Waals surface area contributed by atoms with Crippen molar-refractivity contribution in [3.8, 4) is 0 Å². The summed E-state index contributed by atoms with van der Waals surface area (Å²) in [6.45, 7) is 29.0. The van der Waals surface area contributed by atoms with Crippen LogP contribution in [0.3, 0.4) is 0 Å². The van der Waals surface area contributed by atoms with Crippen molar-refractivity contribution in [2.24, 2.45) is 0 Å². The molecule has 1 fully saturated rings. The maximum atomic E-state index is 12.7. The highest BCUT2D eigenvalue weighted by Crippen LogP contribution is 2.42. The number of hydrogen-bond donors (Lipinski definition) is 0. The van der Waals surface area contributed by atoms with Gasteiger partial charge in [0.15, 0.2) is 25.0 Å². The van der Waals surface area contributed by atoms with Crippen LogP contribution in [0, 0.1) is 0 Å². The number of Topliss-reactive ketones (excluding diaryl/α,β-unsaturated/α-hetero) is 1. The molecule has 0 bridgehead atoms. The van der Waals surface area contributed by atoms with E-state index in [1.54, 1.807) is 0 Å². The Hall–Kier alpha value is 0.201. The highest BCUT2D eigenvalue weighted by atomic mass is 28.4. The maximum absolute atomic E-state index is 12.7. The number of hydrogen-bond acceptors (Lipinski definition) is 4. The lowest BCUT2D eigenvalue weighted by atomic mass is 9.91. The van der Waals surface area contributed by atoms with E-state index in [9.17, 15) is 4.79 Å². The van der Waals surface area contributed by atoms with Gasteiger partial charge in [0.2, 0.25) is 0 Å². The van der Waals surface area contributed by atoms with Crippen LogP contribution >= 0.6 is 0 Å². The highest BCUT2D eigenvalue weighted by Gasteiger charge is 2.49. The summed E-state index contributed by atoms with van der Waals surface area (Å²) >= 11 is 0. The summed E-state index contributed by atoms with van der Waals surface area (Å²) in [6.07, 6.45) is 0.317. The van der Waals surface area contributed by atoms with Crippen LogP contribution in [0.2, 0.25) is 55.9 Å². The first-order valence-electron chi connectivity index (χ1n) is 10.7. The predicted octanol–water partition coefficient (Wildman–Crippen LogP) is 6.35. The molecule has 0 N–H and O–H groups in total. The minimum absolute atomic E-state index is 0.0903. The van der Waals surface area contributed by atoms with Crippen LogP contribution in [-0.4, -0.2) is 49.0 Å². The average Bonchev–Trinajstić information content (AvgIpc) is 2.38. The maximum Gasteiger partial charge on any atom is 0.192 e. The molecule has 0 aromatic heterocycles. The molecular weight excluding hydrogens is 400 g/mol. The second kappa shape index (κ2) is 8.38. The van der Waals surface area contributed by atoms with Crippen molar-refractivity contribution in [2.75, 3.05) is 0 Å². The quantitative estimate of drug-likeness (QED) is 0.446. The minimum Gasteiger partial charge on any atom is -0.411 e. The Balaban J connectivity index is 3.25. The lowest BCUT2D eigenvalue weighted by molar-refractivity contribution is -0.134. The van der Waals surface area contributed by atoms with Crippen LogP contribution in [0.5, 0.6) is 0 Å². The lowest BCUT2D eigenvalue weighted by Crippen LogP contribution is -2.59. The molecule has 0 heterocycles. The van der Waals surface area contributed by atoms with Gasteiger partial charge < -0.3 is 13.3 Å². The van der Waals surface area contributed by atoms with Gasteiger partial charge in [0.05, 0.1) is 18.3 Å². The fourth-order valence-electron chi connectivity index (χ4n) is 2.89. The molecule has 0 spiro atoms. The summed E-state index contributed by atoms with van der Waals surface area (Å²) in [6, 6.07) is 0. The van der Waals surface area contributed by atoms with E-state index in [-0.39, 0.29) is 34.2 Å². The first-order valence-corrected chi connectivity index (χ1v) is 19.9. The molecule has 0 aromatic rings. The molecular formula is C21H46O4Si3. The van der Waals surface area contributed by atoms with E-state index < -0.39 is 25.0 Å². The van der Waals surface area contributed by atoms with Gasteiger partial charge >= 0.3 is 0 Å². The second-order valence-electron chi connectivity index (χ2n) is 12.5. The van der Waals surface area contributed by atoms with Gasteiger partial charge in [-0.2, -0.15) is 0 Å². The van der Waals surface area contributed by atoms with Crippen LogP contribution in [0.25, 0.3) is 0 Å². The van der Waals surface area contributed by atoms with E-state index >= 15 is 0 Å². The highest BCUT2D eigenvalue weighted by molar-refractivity contribution is 6.74. The summed E-state index contributed by atoms with van der Waals surface area (Å²) in [5, 5.41) is 0.181. The fraction of sp³-hybridized carbons (Fsp3) is 0.952. The Morgan fingerprint density at radius 2 is 1.00 bits per heavy atom. The Kier molecular flexibility index (Phi) is 7.85. The van der Waals surface area contributed by atoms with E-state index in [4.69, 9.17) is 13.3 Å². The van der Waals surface area contributed by atoms with Gasteiger partial charge in [-0.15, -0.1) is 0 Å². The van der Waals surface area contributed by atoms with Crippen molar-refractivity contribution < 1.29 is 18.1 Å². The zero-order valence-corrected chi connectivity index (χ0v) is 23.8.